The third-order valence-electron chi connectivity index (χ3n) is 3.08. The summed E-state index contributed by atoms with van der Waals surface area (Å²) in [6, 6.07) is 0. The molecule has 0 unspecified atom stereocenters. The number of rotatable bonds is 5. The Morgan fingerprint density at radius 1 is 1.21 bits per heavy atom. The highest BCUT2D eigenvalue weighted by atomic mass is 15.2. The Morgan fingerprint density at radius 2 is 2.00 bits per heavy atom. The molecular formula is C14H21N5. The minimum Gasteiger partial charge on any atom is -0.370 e. The molecule has 0 aromatic carbocycles. The first-order chi connectivity index (χ1) is 9.17. The van der Waals surface area contributed by atoms with Gasteiger partial charge < -0.3 is 5.32 Å². The van der Waals surface area contributed by atoms with Crippen LogP contribution in [0.25, 0.3) is 5.82 Å². The van der Waals surface area contributed by atoms with Crippen molar-refractivity contribution in [3.05, 3.63) is 29.6 Å². The van der Waals surface area contributed by atoms with Crippen LogP contribution in [0.3, 0.4) is 0 Å². The van der Waals surface area contributed by atoms with E-state index >= 15 is 0 Å². The van der Waals surface area contributed by atoms with E-state index < -0.39 is 0 Å². The molecule has 0 amide bonds. The fourth-order valence-electron chi connectivity index (χ4n) is 1.96. The molecule has 0 bridgehead atoms. The van der Waals surface area contributed by atoms with Gasteiger partial charge in [0, 0.05) is 30.9 Å². The van der Waals surface area contributed by atoms with E-state index in [0.29, 0.717) is 0 Å². The van der Waals surface area contributed by atoms with Crippen molar-refractivity contribution in [1.82, 2.24) is 19.5 Å². The number of anilines is 1. The summed E-state index contributed by atoms with van der Waals surface area (Å²) in [5, 5.41) is 3.37. The molecule has 0 aliphatic rings. The summed E-state index contributed by atoms with van der Waals surface area (Å²) in [5.41, 5.74) is 1.06. The number of imidazole rings is 1. The van der Waals surface area contributed by atoms with Gasteiger partial charge in [0.1, 0.15) is 23.3 Å². The van der Waals surface area contributed by atoms with E-state index in [2.05, 4.69) is 34.1 Å². The van der Waals surface area contributed by atoms with Crippen LogP contribution in [0.2, 0.25) is 0 Å². The summed E-state index contributed by atoms with van der Waals surface area (Å²) in [4.78, 5) is 13.5. The van der Waals surface area contributed by atoms with Crippen molar-refractivity contribution in [3.63, 3.8) is 0 Å². The van der Waals surface area contributed by atoms with Crippen LogP contribution in [0.15, 0.2) is 12.4 Å². The molecule has 0 saturated heterocycles. The van der Waals surface area contributed by atoms with Gasteiger partial charge in [-0.1, -0.05) is 13.8 Å². The van der Waals surface area contributed by atoms with Gasteiger partial charge in [-0.15, -0.1) is 0 Å². The summed E-state index contributed by atoms with van der Waals surface area (Å²) in [6.07, 6.45) is 5.63. The second-order valence-electron chi connectivity index (χ2n) is 4.56. The second-order valence-corrected chi connectivity index (χ2v) is 4.56. The Kier molecular flexibility index (Phi) is 4.14. The zero-order chi connectivity index (χ0) is 13.8. The maximum atomic E-state index is 4.63. The molecule has 19 heavy (non-hydrogen) atoms. The maximum Gasteiger partial charge on any atom is 0.146 e. The summed E-state index contributed by atoms with van der Waals surface area (Å²) in [6.45, 7) is 9.16. The van der Waals surface area contributed by atoms with E-state index in [0.717, 1.165) is 48.2 Å². The van der Waals surface area contributed by atoms with Crippen molar-refractivity contribution in [2.75, 3.05) is 11.9 Å². The SMILES string of the molecule is CCCNc1nc(CC)nc(-n2ccnc2C)c1C. The van der Waals surface area contributed by atoms with Gasteiger partial charge in [0.15, 0.2) is 0 Å². The molecule has 0 aliphatic heterocycles. The van der Waals surface area contributed by atoms with Crippen LogP contribution in [0.1, 0.15) is 37.5 Å². The Morgan fingerprint density at radius 3 is 2.58 bits per heavy atom. The number of hydrogen-bond donors (Lipinski definition) is 1. The minimum atomic E-state index is 0.821. The first-order valence-electron chi connectivity index (χ1n) is 6.79. The third-order valence-corrected chi connectivity index (χ3v) is 3.08. The van der Waals surface area contributed by atoms with Gasteiger partial charge in [0.25, 0.3) is 0 Å². The molecule has 0 aliphatic carbocycles. The first-order valence-corrected chi connectivity index (χ1v) is 6.79. The van der Waals surface area contributed by atoms with Crippen LogP contribution in [0, 0.1) is 13.8 Å². The molecule has 0 atom stereocenters. The second kappa shape index (κ2) is 5.82. The zero-order valence-corrected chi connectivity index (χ0v) is 12.1. The van der Waals surface area contributed by atoms with Crippen molar-refractivity contribution in [2.24, 2.45) is 0 Å². The summed E-state index contributed by atoms with van der Waals surface area (Å²) >= 11 is 0. The molecule has 102 valence electrons. The summed E-state index contributed by atoms with van der Waals surface area (Å²) in [5.74, 6) is 3.63. The van der Waals surface area contributed by atoms with E-state index in [1.54, 1.807) is 6.20 Å². The third kappa shape index (κ3) is 2.75. The van der Waals surface area contributed by atoms with E-state index in [9.17, 15) is 0 Å². The fraction of sp³-hybridized carbons (Fsp3) is 0.500. The van der Waals surface area contributed by atoms with Gasteiger partial charge in [-0.05, 0) is 20.3 Å². The van der Waals surface area contributed by atoms with Crippen molar-refractivity contribution >= 4 is 5.82 Å². The quantitative estimate of drug-likeness (QED) is 0.897. The number of nitrogens with one attached hydrogen (secondary N) is 1. The molecule has 0 radical (unpaired) electrons. The fourth-order valence-corrected chi connectivity index (χ4v) is 1.96. The monoisotopic (exact) mass is 259 g/mol. The number of aryl methyl sites for hydroxylation is 2. The zero-order valence-electron chi connectivity index (χ0n) is 12.1. The lowest BCUT2D eigenvalue weighted by Gasteiger charge is -2.14. The summed E-state index contributed by atoms with van der Waals surface area (Å²) in [7, 11) is 0. The average molecular weight is 259 g/mol. The Labute approximate surface area is 114 Å². The molecule has 0 spiro atoms. The number of nitrogens with zero attached hydrogens (tertiary/aromatic N) is 4. The van der Waals surface area contributed by atoms with Gasteiger partial charge in [0.2, 0.25) is 0 Å². The standard InChI is InChI=1S/C14H21N5/c1-5-7-16-13-10(3)14(18-12(6-2)17-13)19-9-8-15-11(19)4/h8-9H,5-7H2,1-4H3,(H,16,17,18). The predicted molar refractivity (Wildman–Crippen MR) is 76.8 cm³/mol. The van der Waals surface area contributed by atoms with Crippen molar-refractivity contribution < 1.29 is 0 Å². The maximum absolute atomic E-state index is 4.63. The van der Waals surface area contributed by atoms with Crippen LogP contribution in [-0.2, 0) is 6.42 Å². The normalized spacial score (nSPS) is 10.7. The molecular weight excluding hydrogens is 238 g/mol. The lowest BCUT2D eigenvalue weighted by molar-refractivity contribution is 0.848. The lowest BCUT2D eigenvalue weighted by Crippen LogP contribution is -2.12. The van der Waals surface area contributed by atoms with Crippen LogP contribution in [-0.4, -0.2) is 26.1 Å². The van der Waals surface area contributed by atoms with Gasteiger partial charge in [-0.25, -0.2) is 15.0 Å². The van der Waals surface area contributed by atoms with Crippen LogP contribution in [0.5, 0.6) is 0 Å². The molecule has 0 fully saturated rings. The predicted octanol–water partition coefficient (Wildman–Crippen LogP) is 2.66. The molecule has 2 heterocycles. The highest BCUT2D eigenvalue weighted by Gasteiger charge is 2.12. The average Bonchev–Trinajstić information content (AvgIpc) is 2.84. The minimum absolute atomic E-state index is 0.821. The highest BCUT2D eigenvalue weighted by molar-refractivity contribution is 5.52. The Bertz CT molecular complexity index is 559. The lowest BCUT2D eigenvalue weighted by atomic mass is 10.2. The largest absolute Gasteiger partial charge is 0.370 e. The molecule has 5 heteroatoms. The Balaban J connectivity index is 2.50. The van der Waals surface area contributed by atoms with Crippen LogP contribution >= 0.6 is 0 Å². The van der Waals surface area contributed by atoms with Crippen molar-refractivity contribution in [1.29, 1.82) is 0 Å². The van der Waals surface area contributed by atoms with Crippen molar-refractivity contribution in [3.8, 4) is 5.82 Å². The van der Waals surface area contributed by atoms with Crippen molar-refractivity contribution in [2.45, 2.75) is 40.5 Å². The van der Waals surface area contributed by atoms with E-state index in [1.807, 2.05) is 24.6 Å². The number of hydrogen-bond acceptors (Lipinski definition) is 4. The molecule has 2 aromatic heterocycles. The molecule has 1 N–H and O–H groups in total. The van der Waals surface area contributed by atoms with Gasteiger partial charge in [0.05, 0.1) is 0 Å². The van der Waals surface area contributed by atoms with Gasteiger partial charge >= 0.3 is 0 Å². The molecule has 5 nitrogen and oxygen atoms in total. The summed E-state index contributed by atoms with van der Waals surface area (Å²) < 4.78 is 2.01. The van der Waals surface area contributed by atoms with Crippen LogP contribution in [0.4, 0.5) is 5.82 Å². The van der Waals surface area contributed by atoms with E-state index in [-0.39, 0.29) is 0 Å². The Hall–Kier alpha value is -1.91. The van der Waals surface area contributed by atoms with E-state index in [1.165, 1.54) is 0 Å². The number of aromatic nitrogens is 4. The smallest absolute Gasteiger partial charge is 0.146 e. The van der Waals surface area contributed by atoms with Gasteiger partial charge in [-0.2, -0.15) is 0 Å². The van der Waals surface area contributed by atoms with Gasteiger partial charge in [-0.3, -0.25) is 4.57 Å². The van der Waals surface area contributed by atoms with E-state index in [4.69, 9.17) is 0 Å². The van der Waals surface area contributed by atoms with Crippen LogP contribution < -0.4 is 5.32 Å². The molecule has 2 rings (SSSR count). The molecule has 0 saturated carbocycles. The highest BCUT2D eigenvalue weighted by Crippen LogP contribution is 2.20. The topological polar surface area (TPSA) is 55.6 Å². The first kappa shape index (κ1) is 13.5. The molecule has 2 aromatic rings.